The maximum absolute atomic E-state index is 13.2. The standard InChI is InChI=1S/C27H34O5.C25H28O7.CH4O/c1-7-8-10-20-15-13-18(3)24-21(20)11-9-12-23-25(32-27(5,6)31-23)22(28)16-14-17(2)19(4)30-26(24)29;1-15-10-12-20(28)23-21(31-25(3,4)32-23)9-5-8-18-17(7-6-14-26)11-13-19(27)22(18)24(29)30-16(15)2;1-2/h9,11,13-17,19,22-23,25,28H,7,12H2,1-6H3;5,8,10-13,15-16,21,23,26-27H,9,14H2,1-4H3;2H,1H3/b11-9+,16-14-;8-5+,12-10-;/t17-,19+,22?,23+,25-;15-,16+,21+,23-;/m11./s1. The van der Waals surface area contributed by atoms with Crippen molar-refractivity contribution >= 4 is 29.9 Å². The number of esters is 2. The van der Waals surface area contributed by atoms with E-state index in [0.29, 0.717) is 29.5 Å². The SMILES string of the molecule is CCC#Cc1ccc(C)c2c1/C=C/C[C@@H]1OC(C)(C)O[C@@H]1C(O)/C=C\[C@@H](C)[C@H](C)OC2=O.CO.C[C@@H]1/C=C\C(=O)[C@H]2OC(C)(C)O[C@H]2C/C=C/c2c(C#CCO)ccc(O)c2C(=O)O[C@H]1C. The van der Waals surface area contributed by atoms with Crippen molar-refractivity contribution in [1.82, 2.24) is 0 Å². The molecule has 6 rings (SSSR count). The number of cyclic esters (lactones) is 2. The second kappa shape index (κ2) is 23.9. The summed E-state index contributed by atoms with van der Waals surface area (Å²) in [7, 11) is 1.00. The monoisotopic (exact) mass is 910 g/mol. The number of aliphatic hydroxyl groups excluding tert-OH is 3. The number of fused-ring (bicyclic) bond motifs is 4. The van der Waals surface area contributed by atoms with E-state index >= 15 is 0 Å². The van der Waals surface area contributed by atoms with Crippen LogP contribution in [0.1, 0.15) is 130 Å². The van der Waals surface area contributed by atoms with Crippen molar-refractivity contribution in [2.75, 3.05) is 13.7 Å². The van der Waals surface area contributed by atoms with Gasteiger partial charge in [-0.1, -0.05) is 93.1 Å². The van der Waals surface area contributed by atoms with Gasteiger partial charge in [-0.25, -0.2) is 9.59 Å². The highest BCUT2D eigenvalue weighted by Gasteiger charge is 2.45. The van der Waals surface area contributed by atoms with Gasteiger partial charge in [-0.2, -0.15) is 0 Å². The maximum Gasteiger partial charge on any atom is 0.342 e. The first-order valence-corrected chi connectivity index (χ1v) is 22.3. The van der Waals surface area contributed by atoms with Gasteiger partial charge in [0.1, 0.15) is 48.4 Å². The number of phenolic OH excluding ortho intramolecular Hbond substituents is 1. The fraction of sp³-hybridized carbons (Fsp3) is 0.491. The maximum atomic E-state index is 13.2. The Bertz CT molecular complexity index is 2300. The van der Waals surface area contributed by atoms with Gasteiger partial charge in [0, 0.05) is 47.6 Å². The van der Waals surface area contributed by atoms with E-state index in [4.69, 9.17) is 38.6 Å². The van der Waals surface area contributed by atoms with E-state index in [0.717, 1.165) is 30.2 Å². The summed E-state index contributed by atoms with van der Waals surface area (Å²) in [5.41, 5.74) is 3.71. The molecule has 2 fully saturated rings. The summed E-state index contributed by atoms with van der Waals surface area (Å²) in [5, 5.41) is 37.3. The van der Waals surface area contributed by atoms with Gasteiger partial charge >= 0.3 is 11.9 Å². The highest BCUT2D eigenvalue weighted by atomic mass is 16.8. The smallest absolute Gasteiger partial charge is 0.342 e. The number of carbonyl (C=O) groups excluding carboxylic acids is 3. The molecule has 2 aromatic rings. The zero-order valence-electron chi connectivity index (χ0n) is 39.9. The lowest BCUT2D eigenvalue weighted by Gasteiger charge is -2.22. The van der Waals surface area contributed by atoms with Gasteiger partial charge in [0.2, 0.25) is 0 Å². The number of carbonyl (C=O) groups is 3. The second-order valence-corrected chi connectivity index (χ2v) is 17.3. The van der Waals surface area contributed by atoms with E-state index in [2.05, 4.69) is 23.7 Å². The molecule has 2 aromatic carbocycles. The van der Waals surface area contributed by atoms with Crippen molar-refractivity contribution in [3.8, 4) is 29.4 Å². The van der Waals surface area contributed by atoms with Gasteiger partial charge in [0.15, 0.2) is 17.4 Å². The van der Waals surface area contributed by atoms with E-state index in [1.165, 1.54) is 12.1 Å². The first-order chi connectivity index (χ1) is 31.3. The Hall–Kier alpha value is -5.35. The third-order valence-corrected chi connectivity index (χ3v) is 11.4. The molecule has 13 nitrogen and oxygen atoms in total. The Morgan fingerprint density at radius 3 is 1.83 bits per heavy atom. The predicted octanol–water partition coefficient (Wildman–Crippen LogP) is 7.38. The van der Waals surface area contributed by atoms with Crippen LogP contribution in [0.3, 0.4) is 0 Å². The molecular weight excluding hydrogens is 845 g/mol. The Balaban J connectivity index is 0.000000278. The highest BCUT2D eigenvalue weighted by molar-refractivity contribution is 5.98. The summed E-state index contributed by atoms with van der Waals surface area (Å²) in [6.07, 6.45) is 11.7. The number of benzene rings is 2. The van der Waals surface area contributed by atoms with E-state index in [-0.39, 0.29) is 53.7 Å². The predicted molar refractivity (Wildman–Crippen MR) is 251 cm³/mol. The van der Waals surface area contributed by atoms with Gasteiger partial charge in [-0.05, 0) is 91.1 Å². The van der Waals surface area contributed by atoms with Crippen LogP contribution in [0, 0.1) is 42.4 Å². The average Bonchev–Trinajstić information content (AvgIpc) is 3.76. The van der Waals surface area contributed by atoms with Crippen LogP contribution in [0.25, 0.3) is 12.2 Å². The van der Waals surface area contributed by atoms with Crippen molar-refractivity contribution in [3.63, 3.8) is 0 Å². The van der Waals surface area contributed by atoms with Crippen LogP contribution in [0.2, 0.25) is 0 Å². The van der Waals surface area contributed by atoms with Gasteiger partial charge in [0.05, 0.1) is 17.8 Å². The van der Waals surface area contributed by atoms with E-state index in [1.807, 2.05) is 78.8 Å². The lowest BCUT2D eigenvalue weighted by Crippen LogP contribution is -2.34. The second-order valence-electron chi connectivity index (χ2n) is 17.3. The zero-order valence-corrected chi connectivity index (χ0v) is 39.9. The van der Waals surface area contributed by atoms with Crippen molar-refractivity contribution in [1.29, 1.82) is 0 Å². The summed E-state index contributed by atoms with van der Waals surface area (Å²) in [6, 6.07) is 6.79. The molecule has 9 atom stereocenters. The van der Waals surface area contributed by atoms with E-state index < -0.39 is 48.1 Å². The molecule has 0 bridgehead atoms. The molecular formula is C53H66O13. The Morgan fingerprint density at radius 1 is 0.682 bits per heavy atom. The van der Waals surface area contributed by atoms with Crippen LogP contribution in [0.15, 0.2) is 60.7 Å². The van der Waals surface area contributed by atoms with Gasteiger partial charge in [0.25, 0.3) is 0 Å². The number of aliphatic hydroxyl groups is 3. The molecule has 0 aliphatic carbocycles. The number of rotatable bonds is 0. The van der Waals surface area contributed by atoms with Crippen molar-refractivity contribution < 1.29 is 63.2 Å². The van der Waals surface area contributed by atoms with Crippen LogP contribution in [0.5, 0.6) is 5.75 Å². The summed E-state index contributed by atoms with van der Waals surface area (Å²) in [4.78, 5) is 38.9. The Morgan fingerprint density at radius 2 is 1.21 bits per heavy atom. The minimum atomic E-state index is -0.910. The van der Waals surface area contributed by atoms with Crippen molar-refractivity contribution in [2.45, 2.75) is 143 Å². The first-order valence-electron chi connectivity index (χ1n) is 22.3. The number of aromatic hydroxyl groups is 1. The van der Waals surface area contributed by atoms with Crippen LogP contribution >= 0.6 is 0 Å². The largest absolute Gasteiger partial charge is 0.507 e. The van der Waals surface area contributed by atoms with E-state index in [9.17, 15) is 24.6 Å². The lowest BCUT2D eigenvalue weighted by molar-refractivity contribution is -0.152. The highest BCUT2D eigenvalue weighted by Crippen LogP contribution is 2.35. The van der Waals surface area contributed by atoms with E-state index in [1.54, 1.807) is 51.1 Å². The molecule has 1 unspecified atom stereocenters. The van der Waals surface area contributed by atoms with Gasteiger partial charge in [-0.3, -0.25) is 4.79 Å². The number of hydrogen-bond acceptors (Lipinski definition) is 13. The van der Waals surface area contributed by atoms with Crippen molar-refractivity contribution in [2.24, 2.45) is 11.8 Å². The number of hydrogen-bond donors (Lipinski definition) is 4. The van der Waals surface area contributed by atoms with Gasteiger partial charge < -0.3 is 48.8 Å². The summed E-state index contributed by atoms with van der Waals surface area (Å²) < 4.78 is 35.2. The quantitative estimate of drug-likeness (QED) is 0.117. The molecule has 0 spiro atoms. The third kappa shape index (κ3) is 13.8. The van der Waals surface area contributed by atoms with Crippen molar-refractivity contribution in [3.05, 3.63) is 99.7 Å². The van der Waals surface area contributed by atoms with Crippen LogP contribution in [0.4, 0.5) is 0 Å². The van der Waals surface area contributed by atoms with Gasteiger partial charge in [-0.15, -0.1) is 0 Å². The fourth-order valence-corrected chi connectivity index (χ4v) is 7.65. The van der Waals surface area contributed by atoms with Crippen LogP contribution in [-0.2, 0) is 33.2 Å². The fourth-order valence-electron chi connectivity index (χ4n) is 7.65. The average molecular weight is 911 g/mol. The molecule has 4 aliphatic rings. The number of aryl methyl sites for hydroxylation is 1. The van der Waals surface area contributed by atoms with Crippen LogP contribution in [-0.4, -0.2) is 106 Å². The minimum absolute atomic E-state index is 0.0115. The topological polar surface area (TPSA) is 188 Å². The molecule has 356 valence electrons. The Kier molecular flexibility index (Phi) is 19.3. The molecule has 0 radical (unpaired) electrons. The molecule has 4 heterocycles. The third-order valence-electron chi connectivity index (χ3n) is 11.4. The summed E-state index contributed by atoms with van der Waals surface area (Å²) >= 11 is 0. The molecule has 0 saturated carbocycles. The number of ketones is 1. The summed E-state index contributed by atoms with van der Waals surface area (Å²) in [5.74, 6) is 8.06. The normalized spacial score (nSPS) is 29.8. The molecule has 66 heavy (non-hydrogen) atoms. The Labute approximate surface area is 389 Å². The first kappa shape index (κ1) is 53.3. The molecule has 4 aliphatic heterocycles. The number of phenols is 1. The summed E-state index contributed by atoms with van der Waals surface area (Å²) in [6.45, 7) is 18.1. The molecule has 0 aromatic heterocycles. The zero-order chi connectivity index (χ0) is 48.9. The lowest BCUT2D eigenvalue weighted by atomic mass is 9.94. The molecule has 13 heteroatoms. The molecule has 2 saturated heterocycles. The molecule has 0 amide bonds. The molecule has 4 N–H and O–H groups in total. The van der Waals surface area contributed by atoms with Crippen LogP contribution < -0.4 is 0 Å². The number of ether oxygens (including phenoxy) is 6. The minimum Gasteiger partial charge on any atom is -0.507 e.